The smallest absolute Gasteiger partial charge is 0.0727 e. The van der Waals surface area contributed by atoms with Gasteiger partial charge in [-0.25, -0.2) is 0 Å². The van der Waals surface area contributed by atoms with Crippen LogP contribution < -0.4 is 0 Å². The fourth-order valence-electron chi connectivity index (χ4n) is 1.82. The number of ether oxygens (including phenoxy) is 2. The minimum Gasteiger partial charge on any atom is -0.377 e. The third-order valence-corrected chi connectivity index (χ3v) is 4.03. The first kappa shape index (κ1) is 16.7. The van der Waals surface area contributed by atoms with Crippen LogP contribution in [0.5, 0.6) is 0 Å². The van der Waals surface area contributed by atoms with Crippen molar-refractivity contribution in [2.75, 3.05) is 13.2 Å². The van der Waals surface area contributed by atoms with Crippen molar-refractivity contribution in [3.05, 3.63) is 33.3 Å². The van der Waals surface area contributed by atoms with E-state index in [9.17, 15) is 0 Å². The van der Waals surface area contributed by atoms with Gasteiger partial charge in [0.15, 0.2) is 0 Å². The zero-order valence-corrected chi connectivity index (χ0v) is 14.3. The number of benzene rings is 1. The maximum atomic E-state index is 5.56. The lowest BCUT2D eigenvalue weighted by Crippen LogP contribution is -2.13. The summed E-state index contributed by atoms with van der Waals surface area (Å²) in [6.07, 6.45) is 0. The second kappa shape index (κ2) is 7.41. The monoisotopic (exact) mass is 328 g/mol. The molecule has 0 aliphatic rings. The van der Waals surface area contributed by atoms with Crippen LogP contribution >= 0.6 is 15.9 Å². The van der Waals surface area contributed by atoms with Gasteiger partial charge in [-0.3, -0.25) is 0 Å². The molecular weight excluding hydrogens is 304 g/mol. The number of rotatable bonds is 6. The molecule has 0 atom stereocenters. The molecule has 2 nitrogen and oxygen atoms in total. The highest BCUT2D eigenvalue weighted by Gasteiger charge is 2.18. The Labute approximate surface area is 125 Å². The zero-order valence-electron chi connectivity index (χ0n) is 12.7. The van der Waals surface area contributed by atoms with Crippen molar-refractivity contribution < 1.29 is 9.47 Å². The van der Waals surface area contributed by atoms with Crippen LogP contribution in [0.15, 0.2) is 16.6 Å². The van der Waals surface area contributed by atoms with E-state index in [1.165, 1.54) is 16.7 Å². The van der Waals surface area contributed by atoms with Gasteiger partial charge < -0.3 is 9.47 Å². The van der Waals surface area contributed by atoms with E-state index in [1.54, 1.807) is 0 Å². The Hall–Kier alpha value is -0.380. The van der Waals surface area contributed by atoms with Crippen molar-refractivity contribution in [1.29, 1.82) is 0 Å². The summed E-state index contributed by atoms with van der Waals surface area (Å²) >= 11 is 3.68. The van der Waals surface area contributed by atoms with Crippen LogP contribution in [0.25, 0.3) is 0 Å². The zero-order chi connectivity index (χ0) is 14.5. The van der Waals surface area contributed by atoms with Crippen molar-refractivity contribution in [3.63, 3.8) is 0 Å². The second-order valence-corrected chi connectivity index (χ2v) is 6.43. The van der Waals surface area contributed by atoms with Gasteiger partial charge >= 0.3 is 0 Å². The van der Waals surface area contributed by atoms with Crippen LogP contribution in [-0.4, -0.2) is 13.2 Å². The molecule has 0 radical (unpaired) electrons. The standard InChI is InChI=1S/C16H25BrO2/c1-6-18-10-12-8-14(16(3,4)5)9-13(15(12)17)11-19-7-2/h8-9H,6-7,10-11H2,1-5H3. The van der Waals surface area contributed by atoms with Crippen molar-refractivity contribution in [1.82, 2.24) is 0 Å². The topological polar surface area (TPSA) is 18.5 Å². The lowest BCUT2D eigenvalue weighted by molar-refractivity contribution is 0.129. The van der Waals surface area contributed by atoms with Crippen LogP contribution in [0.2, 0.25) is 0 Å². The lowest BCUT2D eigenvalue weighted by Gasteiger charge is -2.22. The maximum Gasteiger partial charge on any atom is 0.0727 e. The fourth-order valence-corrected chi connectivity index (χ4v) is 2.27. The molecule has 0 spiro atoms. The van der Waals surface area contributed by atoms with E-state index in [0.717, 1.165) is 17.7 Å². The maximum absolute atomic E-state index is 5.56. The molecule has 0 aromatic heterocycles. The quantitative estimate of drug-likeness (QED) is 0.745. The number of hydrogen-bond acceptors (Lipinski definition) is 2. The van der Waals surface area contributed by atoms with Crippen LogP contribution in [0.4, 0.5) is 0 Å². The van der Waals surface area contributed by atoms with Crippen LogP contribution in [0.1, 0.15) is 51.3 Å². The first-order valence-electron chi connectivity index (χ1n) is 6.87. The Morgan fingerprint density at radius 3 is 1.68 bits per heavy atom. The van der Waals surface area contributed by atoms with Gasteiger partial charge in [-0.15, -0.1) is 0 Å². The SMILES string of the molecule is CCOCc1cc(C(C)(C)C)cc(COCC)c1Br. The number of halogens is 1. The highest BCUT2D eigenvalue weighted by Crippen LogP contribution is 2.31. The highest BCUT2D eigenvalue weighted by molar-refractivity contribution is 9.10. The van der Waals surface area contributed by atoms with Crippen molar-refractivity contribution in [2.24, 2.45) is 0 Å². The average Bonchev–Trinajstić information content (AvgIpc) is 2.34. The van der Waals surface area contributed by atoms with Gasteiger partial charge in [0.05, 0.1) is 13.2 Å². The van der Waals surface area contributed by atoms with E-state index in [2.05, 4.69) is 48.8 Å². The lowest BCUT2D eigenvalue weighted by atomic mass is 9.85. The molecular formula is C16H25BrO2. The van der Waals surface area contributed by atoms with E-state index in [-0.39, 0.29) is 5.41 Å². The van der Waals surface area contributed by atoms with E-state index < -0.39 is 0 Å². The molecule has 1 rings (SSSR count). The van der Waals surface area contributed by atoms with E-state index in [1.807, 2.05) is 13.8 Å². The van der Waals surface area contributed by atoms with E-state index >= 15 is 0 Å². The Morgan fingerprint density at radius 1 is 0.947 bits per heavy atom. The summed E-state index contributed by atoms with van der Waals surface area (Å²) in [5, 5.41) is 0. The molecule has 0 saturated carbocycles. The normalized spacial score (nSPS) is 11.9. The summed E-state index contributed by atoms with van der Waals surface area (Å²) in [5.41, 5.74) is 3.84. The predicted octanol–water partition coefficient (Wildman–Crippen LogP) is 4.82. The van der Waals surface area contributed by atoms with Crippen molar-refractivity contribution >= 4 is 15.9 Å². The molecule has 0 unspecified atom stereocenters. The largest absolute Gasteiger partial charge is 0.377 e. The highest BCUT2D eigenvalue weighted by atomic mass is 79.9. The van der Waals surface area contributed by atoms with Gasteiger partial charge in [0.1, 0.15) is 0 Å². The Bertz CT molecular complexity index is 379. The molecule has 0 saturated heterocycles. The molecule has 0 amide bonds. The molecule has 0 fully saturated rings. The predicted molar refractivity (Wildman–Crippen MR) is 83.5 cm³/mol. The first-order chi connectivity index (χ1) is 8.90. The molecule has 0 bridgehead atoms. The van der Waals surface area contributed by atoms with Gasteiger partial charge in [-0.1, -0.05) is 48.8 Å². The summed E-state index contributed by atoms with van der Waals surface area (Å²) in [6, 6.07) is 4.46. The van der Waals surface area contributed by atoms with Gasteiger partial charge in [0, 0.05) is 17.7 Å². The minimum absolute atomic E-state index is 0.128. The summed E-state index contributed by atoms with van der Waals surface area (Å²) in [7, 11) is 0. The number of hydrogen-bond donors (Lipinski definition) is 0. The molecule has 1 aromatic carbocycles. The van der Waals surface area contributed by atoms with Gasteiger partial charge in [0.2, 0.25) is 0 Å². The summed E-state index contributed by atoms with van der Waals surface area (Å²) in [6.45, 7) is 13.5. The van der Waals surface area contributed by atoms with E-state index in [4.69, 9.17) is 9.47 Å². The average molecular weight is 329 g/mol. The molecule has 3 heteroatoms. The first-order valence-corrected chi connectivity index (χ1v) is 7.66. The third-order valence-electron chi connectivity index (χ3n) is 3.01. The molecule has 0 N–H and O–H groups in total. The molecule has 0 aliphatic carbocycles. The molecule has 108 valence electrons. The van der Waals surface area contributed by atoms with Crippen LogP contribution in [0.3, 0.4) is 0 Å². The molecule has 0 aliphatic heterocycles. The van der Waals surface area contributed by atoms with Crippen molar-refractivity contribution in [2.45, 2.75) is 53.2 Å². The summed E-state index contributed by atoms with van der Waals surface area (Å²) in [5.74, 6) is 0. The Balaban J connectivity index is 3.14. The molecule has 0 heterocycles. The molecule has 1 aromatic rings. The van der Waals surface area contributed by atoms with Gasteiger partial charge in [0.25, 0.3) is 0 Å². The van der Waals surface area contributed by atoms with E-state index in [0.29, 0.717) is 13.2 Å². The third kappa shape index (κ3) is 4.90. The fraction of sp³-hybridized carbons (Fsp3) is 0.625. The summed E-state index contributed by atoms with van der Waals surface area (Å²) < 4.78 is 12.2. The Morgan fingerprint density at radius 2 is 1.37 bits per heavy atom. The van der Waals surface area contributed by atoms with Crippen LogP contribution in [0, 0.1) is 0 Å². The second-order valence-electron chi connectivity index (χ2n) is 5.63. The minimum atomic E-state index is 0.128. The van der Waals surface area contributed by atoms with Gasteiger partial charge in [-0.2, -0.15) is 0 Å². The Kier molecular flexibility index (Phi) is 6.51. The summed E-state index contributed by atoms with van der Waals surface area (Å²) in [4.78, 5) is 0. The molecule has 19 heavy (non-hydrogen) atoms. The van der Waals surface area contributed by atoms with Crippen molar-refractivity contribution in [3.8, 4) is 0 Å². The van der Waals surface area contributed by atoms with Crippen LogP contribution in [-0.2, 0) is 28.1 Å². The van der Waals surface area contributed by atoms with Gasteiger partial charge in [-0.05, 0) is 36.0 Å².